The Morgan fingerprint density at radius 1 is 1.00 bits per heavy atom. The Kier molecular flexibility index (Phi) is 7.53. The van der Waals surface area contributed by atoms with Gasteiger partial charge >= 0.3 is 11.9 Å². The Balaban J connectivity index is 1.70. The Morgan fingerprint density at radius 3 is 2.29 bits per heavy atom. The molecule has 0 saturated heterocycles. The van der Waals surface area contributed by atoms with Crippen molar-refractivity contribution in [2.45, 2.75) is 13.0 Å². The number of aliphatic hydroxyl groups is 1. The molecule has 0 radical (unpaired) electrons. The van der Waals surface area contributed by atoms with Gasteiger partial charge < -0.3 is 19.9 Å². The second-order valence-electron chi connectivity index (χ2n) is 6.41. The summed E-state index contributed by atoms with van der Waals surface area (Å²) in [7, 11) is 0. The maximum Gasteiger partial charge on any atom is 0.341 e. The lowest BCUT2D eigenvalue weighted by Gasteiger charge is -2.11. The molecule has 2 aromatic carbocycles. The molecule has 1 aromatic heterocycles. The van der Waals surface area contributed by atoms with E-state index in [0.717, 1.165) is 5.56 Å². The summed E-state index contributed by atoms with van der Waals surface area (Å²) in [5, 5.41) is 14.7. The lowest BCUT2D eigenvalue weighted by molar-refractivity contribution is -0.156. The van der Waals surface area contributed by atoms with Crippen LogP contribution in [0.25, 0.3) is 11.1 Å². The van der Waals surface area contributed by atoms with Crippen LogP contribution >= 0.6 is 11.3 Å². The van der Waals surface area contributed by atoms with Gasteiger partial charge in [0.2, 0.25) is 0 Å². The van der Waals surface area contributed by atoms with Gasteiger partial charge in [0.05, 0.1) is 6.61 Å². The number of rotatable bonds is 8. The van der Waals surface area contributed by atoms with E-state index in [2.05, 4.69) is 5.32 Å². The molecule has 7 nitrogen and oxygen atoms in total. The van der Waals surface area contributed by atoms with Crippen LogP contribution in [0.15, 0.2) is 66.0 Å². The standard InChI is InChI=1S/C23H21NO6S/c1-2-29-22(27)19-17(15-9-5-3-6-10-15)14-31-21(19)24-18(25)13-30-23(28)20(26)16-11-7-4-8-12-16/h3-12,14,20,26H,2,13H2,1H3,(H,24,25)/t20-/m0/s1. The summed E-state index contributed by atoms with van der Waals surface area (Å²) in [6, 6.07) is 17.5. The van der Waals surface area contributed by atoms with Crippen LogP contribution in [0.5, 0.6) is 0 Å². The van der Waals surface area contributed by atoms with Crippen LogP contribution in [-0.2, 0) is 19.1 Å². The zero-order chi connectivity index (χ0) is 22.2. The van der Waals surface area contributed by atoms with E-state index in [-0.39, 0.29) is 12.2 Å². The third-order valence-electron chi connectivity index (χ3n) is 4.29. The topological polar surface area (TPSA) is 102 Å². The Hall–Kier alpha value is -3.49. The van der Waals surface area contributed by atoms with Crippen molar-refractivity contribution in [3.63, 3.8) is 0 Å². The van der Waals surface area contributed by atoms with Gasteiger partial charge in [-0.3, -0.25) is 4.79 Å². The smallest absolute Gasteiger partial charge is 0.341 e. The van der Waals surface area contributed by atoms with Gasteiger partial charge in [-0.05, 0) is 18.1 Å². The molecule has 0 saturated carbocycles. The highest BCUT2D eigenvalue weighted by Gasteiger charge is 2.24. The highest BCUT2D eigenvalue weighted by molar-refractivity contribution is 7.15. The molecular formula is C23H21NO6S. The lowest BCUT2D eigenvalue weighted by Crippen LogP contribution is -2.24. The summed E-state index contributed by atoms with van der Waals surface area (Å²) in [5.74, 6) is -2.14. The molecule has 0 aliphatic carbocycles. The molecule has 0 bridgehead atoms. The summed E-state index contributed by atoms with van der Waals surface area (Å²) in [6.07, 6.45) is -1.49. The minimum atomic E-state index is -1.49. The lowest BCUT2D eigenvalue weighted by atomic mass is 10.0. The fourth-order valence-electron chi connectivity index (χ4n) is 2.84. The zero-order valence-corrected chi connectivity index (χ0v) is 17.6. The summed E-state index contributed by atoms with van der Waals surface area (Å²) >= 11 is 1.17. The largest absolute Gasteiger partial charge is 0.462 e. The first kappa shape index (κ1) is 22.2. The molecule has 3 rings (SSSR count). The van der Waals surface area contributed by atoms with E-state index >= 15 is 0 Å². The van der Waals surface area contributed by atoms with Gasteiger partial charge in [-0.1, -0.05) is 60.7 Å². The van der Waals surface area contributed by atoms with Crippen molar-refractivity contribution in [1.29, 1.82) is 0 Å². The highest BCUT2D eigenvalue weighted by Crippen LogP contribution is 2.36. The van der Waals surface area contributed by atoms with Gasteiger partial charge in [-0.15, -0.1) is 11.3 Å². The number of carbonyl (C=O) groups excluding carboxylic acids is 3. The molecule has 0 unspecified atom stereocenters. The van der Waals surface area contributed by atoms with Crippen molar-refractivity contribution in [2.24, 2.45) is 0 Å². The number of benzene rings is 2. The molecule has 3 aromatic rings. The van der Waals surface area contributed by atoms with Crippen LogP contribution < -0.4 is 5.32 Å². The molecule has 0 aliphatic rings. The number of hydrogen-bond acceptors (Lipinski definition) is 7. The van der Waals surface area contributed by atoms with Gasteiger partial charge in [0.15, 0.2) is 12.7 Å². The quantitative estimate of drug-likeness (QED) is 0.518. The van der Waals surface area contributed by atoms with Gasteiger partial charge in [-0.2, -0.15) is 0 Å². The first-order valence-electron chi connectivity index (χ1n) is 9.54. The van der Waals surface area contributed by atoms with E-state index in [4.69, 9.17) is 9.47 Å². The third-order valence-corrected chi connectivity index (χ3v) is 5.19. The normalized spacial score (nSPS) is 11.4. The molecule has 31 heavy (non-hydrogen) atoms. The molecular weight excluding hydrogens is 418 g/mol. The predicted molar refractivity (Wildman–Crippen MR) is 117 cm³/mol. The second kappa shape index (κ2) is 10.5. The number of ether oxygens (including phenoxy) is 2. The summed E-state index contributed by atoms with van der Waals surface area (Å²) in [4.78, 5) is 36.9. The second-order valence-corrected chi connectivity index (χ2v) is 7.29. The maximum atomic E-state index is 12.5. The van der Waals surface area contributed by atoms with Crippen molar-refractivity contribution in [2.75, 3.05) is 18.5 Å². The number of esters is 2. The molecule has 2 N–H and O–H groups in total. The molecule has 0 spiro atoms. The number of nitrogens with one attached hydrogen (secondary N) is 1. The van der Waals surface area contributed by atoms with Crippen LogP contribution in [0.3, 0.4) is 0 Å². The fraction of sp³-hybridized carbons (Fsp3) is 0.174. The molecule has 1 heterocycles. The van der Waals surface area contributed by atoms with Gasteiger partial charge in [0, 0.05) is 10.9 Å². The van der Waals surface area contributed by atoms with Crippen molar-refractivity contribution < 1.29 is 29.0 Å². The highest BCUT2D eigenvalue weighted by atomic mass is 32.1. The number of thiophene rings is 1. The van der Waals surface area contributed by atoms with Crippen LogP contribution in [0, 0.1) is 0 Å². The fourth-order valence-corrected chi connectivity index (χ4v) is 3.81. The average Bonchev–Trinajstić information content (AvgIpc) is 3.21. The van der Waals surface area contributed by atoms with Crippen LogP contribution in [0.1, 0.15) is 28.9 Å². The van der Waals surface area contributed by atoms with Gasteiger partial charge in [-0.25, -0.2) is 9.59 Å². The minimum absolute atomic E-state index is 0.186. The number of amides is 1. The molecule has 160 valence electrons. The molecule has 8 heteroatoms. The average molecular weight is 439 g/mol. The van der Waals surface area contributed by atoms with Crippen LogP contribution in [0.4, 0.5) is 5.00 Å². The first-order chi connectivity index (χ1) is 15.0. The van der Waals surface area contributed by atoms with E-state index < -0.39 is 30.6 Å². The Labute approximate surface area is 183 Å². The summed E-state index contributed by atoms with van der Waals surface area (Å²) < 4.78 is 10.1. The number of carbonyl (C=O) groups is 3. The SMILES string of the molecule is CCOC(=O)c1c(-c2ccccc2)csc1NC(=O)COC(=O)[C@@H](O)c1ccccc1. The van der Waals surface area contributed by atoms with Crippen LogP contribution in [-0.4, -0.2) is 36.2 Å². The zero-order valence-electron chi connectivity index (χ0n) is 16.7. The van der Waals surface area contributed by atoms with Gasteiger partial charge in [0.1, 0.15) is 10.6 Å². The molecule has 1 atom stereocenters. The number of hydrogen-bond donors (Lipinski definition) is 2. The third kappa shape index (κ3) is 5.56. The van der Waals surface area contributed by atoms with Crippen molar-refractivity contribution in [1.82, 2.24) is 0 Å². The molecule has 1 amide bonds. The summed E-state index contributed by atoms with van der Waals surface area (Å²) in [5.41, 5.74) is 2.04. The van der Waals surface area contributed by atoms with Crippen molar-refractivity contribution >= 4 is 34.2 Å². The first-order valence-corrected chi connectivity index (χ1v) is 10.4. The predicted octanol–water partition coefficient (Wildman–Crippen LogP) is 3.81. The van der Waals surface area contributed by atoms with E-state index in [1.165, 1.54) is 11.3 Å². The van der Waals surface area contributed by atoms with E-state index in [0.29, 0.717) is 16.1 Å². The van der Waals surface area contributed by atoms with E-state index in [9.17, 15) is 19.5 Å². The van der Waals surface area contributed by atoms with E-state index in [1.54, 1.807) is 42.6 Å². The van der Waals surface area contributed by atoms with Crippen LogP contribution in [0.2, 0.25) is 0 Å². The monoisotopic (exact) mass is 439 g/mol. The van der Waals surface area contributed by atoms with E-state index in [1.807, 2.05) is 30.3 Å². The van der Waals surface area contributed by atoms with Gasteiger partial charge in [0.25, 0.3) is 5.91 Å². The summed E-state index contributed by atoms with van der Waals surface area (Å²) in [6.45, 7) is 1.27. The number of anilines is 1. The minimum Gasteiger partial charge on any atom is -0.462 e. The maximum absolute atomic E-state index is 12.5. The Morgan fingerprint density at radius 2 is 1.65 bits per heavy atom. The number of aliphatic hydroxyl groups excluding tert-OH is 1. The molecule has 0 aliphatic heterocycles. The molecule has 0 fully saturated rings. The van der Waals surface area contributed by atoms with Crippen molar-refractivity contribution in [3.05, 3.63) is 77.2 Å². The Bertz CT molecular complexity index is 1050. The van der Waals surface area contributed by atoms with Crippen molar-refractivity contribution in [3.8, 4) is 11.1 Å².